The lowest BCUT2D eigenvalue weighted by atomic mass is 9.79. The van der Waals surface area contributed by atoms with Crippen LogP contribution < -0.4 is 0 Å². The number of benzene rings is 1. The maximum absolute atomic E-state index is 12.3. The van der Waals surface area contributed by atoms with Crippen LogP contribution in [0, 0.1) is 27.4 Å². The smallest absolute Gasteiger partial charge is 0.269 e. The van der Waals surface area contributed by atoms with Crippen molar-refractivity contribution in [3.05, 3.63) is 72.9 Å². The van der Waals surface area contributed by atoms with Crippen molar-refractivity contribution in [2.24, 2.45) is 10.9 Å². The third-order valence-electron chi connectivity index (χ3n) is 4.51. The van der Waals surface area contributed by atoms with E-state index in [9.17, 15) is 20.2 Å². The topological polar surface area (TPSA) is 96.4 Å². The Bertz CT molecular complexity index is 1020. The highest BCUT2D eigenvalue weighted by Crippen LogP contribution is 2.44. The highest BCUT2D eigenvalue weighted by Gasteiger charge is 2.38. The molecule has 1 unspecified atom stereocenters. The van der Waals surface area contributed by atoms with E-state index in [-0.39, 0.29) is 17.4 Å². The summed E-state index contributed by atoms with van der Waals surface area (Å²) in [7, 11) is 0. The Morgan fingerprint density at radius 2 is 2.18 bits per heavy atom. The Balaban J connectivity index is 1.95. The summed E-state index contributed by atoms with van der Waals surface area (Å²) >= 11 is 2.88. The molecule has 0 amide bonds. The molecule has 1 aliphatic rings. The van der Waals surface area contributed by atoms with E-state index >= 15 is 0 Å². The Labute approximate surface area is 170 Å². The predicted molar refractivity (Wildman–Crippen MR) is 111 cm³/mol. The van der Waals surface area contributed by atoms with Crippen molar-refractivity contribution in [2.75, 3.05) is 0 Å². The second-order valence-electron chi connectivity index (χ2n) is 6.38. The van der Waals surface area contributed by atoms with E-state index in [0.29, 0.717) is 22.1 Å². The third kappa shape index (κ3) is 4.06. The number of nitro benzene ring substituents is 1. The van der Waals surface area contributed by atoms with Crippen molar-refractivity contribution < 1.29 is 9.72 Å². The SMILES string of the molecule is CC(=O)C1C(C)=NC(SCc2cccc([N+](=O)[O-])c2)=C(C#N)[C@@H]1c1cccs1. The normalized spacial score (nSPS) is 19.1. The molecule has 1 aliphatic heterocycles. The lowest BCUT2D eigenvalue weighted by molar-refractivity contribution is -0.384. The van der Waals surface area contributed by atoms with Gasteiger partial charge in [0.2, 0.25) is 0 Å². The van der Waals surface area contributed by atoms with Crippen LogP contribution in [-0.2, 0) is 10.5 Å². The van der Waals surface area contributed by atoms with Crippen molar-refractivity contribution in [1.29, 1.82) is 5.26 Å². The molecule has 0 fully saturated rings. The minimum Gasteiger partial charge on any atom is -0.299 e. The number of rotatable bonds is 6. The average molecular weight is 412 g/mol. The number of nitrogens with zero attached hydrogens (tertiary/aromatic N) is 3. The second-order valence-corrected chi connectivity index (χ2v) is 8.32. The highest BCUT2D eigenvalue weighted by molar-refractivity contribution is 8.02. The van der Waals surface area contributed by atoms with Gasteiger partial charge in [-0.2, -0.15) is 5.26 Å². The Kier molecular flexibility index (Phi) is 6.07. The molecule has 0 N–H and O–H groups in total. The van der Waals surface area contributed by atoms with Crippen molar-refractivity contribution in [3.63, 3.8) is 0 Å². The van der Waals surface area contributed by atoms with Crippen molar-refractivity contribution in [3.8, 4) is 6.07 Å². The molecule has 0 saturated carbocycles. The van der Waals surface area contributed by atoms with Gasteiger partial charge in [0.05, 0.1) is 22.5 Å². The minimum absolute atomic E-state index is 0.0184. The van der Waals surface area contributed by atoms with Gasteiger partial charge in [0.25, 0.3) is 5.69 Å². The van der Waals surface area contributed by atoms with Crippen LogP contribution in [0.5, 0.6) is 0 Å². The van der Waals surface area contributed by atoms with E-state index < -0.39 is 10.8 Å². The number of nitriles is 1. The molecule has 2 atom stereocenters. The van der Waals surface area contributed by atoms with E-state index in [0.717, 1.165) is 10.4 Å². The minimum atomic E-state index is -0.449. The van der Waals surface area contributed by atoms with Gasteiger partial charge in [0, 0.05) is 34.4 Å². The van der Waals surface area contributed by atoms with Gasteiger partial charge < -0.3 is 0 Å². The molecule has 142 valence electrons. The predicted octanol–water partition coefficient (Wildman–Crippen LogP) is 5.09. The zero-order chi connectivity index (χ0) is 20.3. The lowest BCUT2D eigenvalue weighted by Crippen LogP contribution is -2.30. The summed E-state index contributed by atoms with van der Waals surface area (Å²) in [6, 6.07) is 12.5. The summed E-state index contributed by atoms with van der Waals surface area (Å²) in [5.74, 6) is -0.362. The number of Topliss-reactive ketones (excluding diaryl/α,β-unsaturated/α-hetero) is 1. The van der Waals surface area contributed by atoms with Crippen LogP contribution >= 0.6 is 23.1 Å². The van der Waals surface area contributed by atoms with Gasteiger partial charge in [0.15, 0.2) is 0 Å². The molecule has 1 aromatic heterocycles. The second kappa shape index (κ2) is 8.50. The van der Waals surface area contributed by atoms with Crippen LogP contribution in [-0.4, -0.2) is 16.4 Å². The van der Waals surface area contributed by atoms with Crippen LogP contribution in [0.15, 0.2) is 57.4 Å². The fourth-order valence-electron chi connectivity index (χ4n) is 3.27. The van der Waals surface area contributed by atoms with E-state index in [1.807, 2.05) is 24.4 Å². The van der Waals surface area contributed by atoms with Gasteiger partial charge in [-0.15, -0.1) is 23.1 Å². The molecule has 6 nitrogen and oxygen atoms in total. The molecular formula is C20H17N3O3S2. The summed E-state index contributed by atoms with van der Waals surface area (Å²) in [5.41, 5.74) is 1.97. The molecule has 1 aromatic carbocycles. The Hall–Kier alpha value is -2.76. The van der Waals surface area contributed by atoms with Gasteiger partial charge in [-0.1, -0.05) is 18.2 Å². The molecule has 0 aliphatic carbocycles. The monoisotopic (exact) mass is 411 g/mol. The van der Waals surface area contributed by atoms with Gasteiger partial charge >= 0.3 is 0 Å². The quantitative estimate of drug-likeness (QED) is 0.487. The molecule has 28 heavy (non-hydrogen) atoms. The van der Waals surface area contributed by atoms with Crippen LogP contribution in [0.4, 0.5) is 5.69 Å². The first-order valence-electron chi connectivity index (χ1n) is 8.51. The average Bonchev–Trinajstić information content (AvgIpc) is 3.20. The number of ketones is 1. The van der Waals surface area contributed by atoms with Gasteiger partial charge in [-0.25, -0.2) is 4.99 Å². The molecule has 0 bridgehead atoms. The summed E-state index contributed by atoms with van der Waals surface area (Å²) in [4.78, 5) is 28.3. The molecule has 2 aromatic rings. The number of thiophene rings is 1. The molecular weight excluding hydrogens is 394 g/mol. The summed E-state index contributed by atoms with van der Waals surface area (Å²) < 4.78 is 0. The van der Waals surface area contributed by atoms with E-state index in [1.54, 1.807) is 12.1 Å². The Morgan fingerprint density at radius 1 is 1.39 bits per heavy atom. The number of carbonyl (C=O) groups excluding carboxylic acids is 1. The molecule has 0 radical (unpaired) electrons. The van der Waals surface area contributed by atoms with Crippen molar-refractivity contribution >= 4 is 40.3 Å². The summed E-state index contributed by atoms with van der Waals surface area (Å²) in [6.07, 6.45) is 0. The van der Waals surface area contributed by atoms with E-state index in [4.69, 9.17) is 0 Å². The number of hydrogen-bond donors (Lipinski definition) is 0. The fourth-order valence-corrected chi connectivity index (χ4v) is 5.16. The van der Waals surface area contributed by atoms with Gasteiger partial charge in [0.1, 0.15) is 10.8 Å². The van der Waals surface area contributed by atoms with Crippen LogP contribution in [0.3, 0.4) is 0 Å². The maximum Gasteiger partial charge on any atom is 0.269 e. The number of allylic oxidation sites excluding steroid dienone is 1. The first-order chi connectivity index (χ1) is 13.4. The van der Waals surface area contributed by atoms with Crippen LogP contribution in [0.2, 0.25) is 0 Å². The molecule has 0 spiro atoms. The highest BCUT2D eigenvalue weighted by atomic mass is 32.2. The molecule has 2 heterocycles. The Morgan fingerprint density at radius 3 is 2.79 bits per heavy atom. The maximum atomic E-state index is 12.3. The van der Waals surface area contributed by atoms with E-state index in [1.165, 1.54) is 42.2 Å². The number of nitro groups is 1. The third-order valence-corrected chi connectivity index (χ3v) is 6.53. The van der Waals surface area contributed by atoms with E-state index in [2.05, 4.69) is 11.1 Å². The van der Waals surface area contributed by atoms with Crippen molar-refractivity contribution in [1.82, 2.24) is 0 Å². The van der Waals surface area contributed by atoms with Crippen LogP contribution in [0.25, 0.3) is 0 Å². The number of carbonyl (C=O) groups is 1. The fraction of sp³-hybridized carbons (Fsp3) is 0.250. The zero-order valence-electron chi connectivity index (χ0n) is 15.3. The summed E-state index contributed by atoms with van der Waals surface area (Å²) in [6.45, 7) is 3.34. The zero-order valence-corrected chi connectivity index (χ0v) is 16.9. The van der Waals surface area contributed by atoms with Crippen molar-refractivity contribution in [2.45, 2.75) is 25.5 Å². The van der Waals surface area contributed by atoms with Gasteiger partial charge in [-0.05, 0) is 30.9 Å². The standard InChI is InChI=1S/C20H17N3O3S2/c1-12-18(13(2)24)19(17-7-4-8-27-17)16(10-21)20(22-12)28-11-14-5-3-6-15(9-14)23(25)26/h3-9,18-19H,11H2,1-2H3/t18?,19-/m1/s1. The molecule has 3 rings (SSSR count). The molecule has 8 heteroatoms. The number of aliphatic imine (C=N–C) groups is 1. The van der Waals surface area contributed by atoms with Gasteiger partial charge in [-0.3, -0.25) is 14.9 Å². The molecule has 0 saturated heterocycles. The largest absolute Gasteiger partial charge is 0.299 e. The summed E-state index contributed by atoms with van der Waals surface area (Å²) in [5, 5.41) is 23.3. The number of non-ortho nitro benzene ring substituents is 1. The number of thioether (sulfide) groups is 1. The first kappa shape index (κ1) is 20.0. The number of hydrogen-bond acceptors (Lipinski definition) is 7. The lowest BCUT2D eigenvalue weighted by Gasteiger charge is -2.29. The first-order valence-corrected chi connectivity index (χ1v) is 10.4. The van der Waals surface area contributed by atoms with Crippen LogP contribution in [0.1, 0.15) is 30.2 Å².